The topological polar surface area (TPSA) is 104 Å². The van der Waals surface area contributed by atoms with Crippen molar-refractivity contribution in [2.75, 3.05) is 6.61 Å². The molecule has 1 aromatic carbocycles. The van der Waals surface area contributed by atoms with Crippen LogP contribution in [0, 0.1) is 5.92 Å². The molecular formula is C23H34N2O5. The minimum Gasteiger partial charge on any atom is -0.508 e. The summed E-state index contributed by atoms with van der Waals surface area (Å²) in [5, 5.41) is 11.7. The molecule has 0 spiro atoms. The van der Waals surface area contributed by atoms with Gasteiger partial charge in [-0.15, -0.1) is 0 Å². The van der Waals surface area contributed by atoms with Gasteiger partial charge in [0.1, 0.15) is 18.1 Å². The third kappa shape index (κ3) is 5.07. The van der Waals surface area contributed by atoms with E-state index in [-0.39, 0.29) is 23.8 Å². The quantitative estimate of drug-likeness (QED) is 0.617. The average Bonchev–Trinajstić information content (AvgIpc) is 2.62. The number of amides is 1. The van der Waals surface area contributed by atoms with Gasteiger partial charge in [-0.25, -0.2) is 4.79 Å². The Kier molecular flexibility index (Phi) is 7.39. The number of nitrogens with two attached hydrogens (primary N) is 1. The van der Waals surface area contributed by atoms with Gasteiger partial charge in [0.15, 0.2) is 5.75 Å². The molecule has 1 aromatic heterocycles. The van der Waals surface area contributed by atoms with Gasteiger partial charge in [-0.2, -0.15) is 0 Å². The van der Waals surface area contributed by atoms with E-state index in [1.54, 1.807) is 16.7 Å². The second-order valence-corrected chi connectivity index (χ2v) is 9.03. The molecule has 0 radical (unpaired) electrons. The van der Waals surface area contributed by atoms with E-state index in [0.29, 0.717) is 40.9 Å². The molecule has 0 saturated heterocycles. The molecule has 0 aliphatic heterocycles. The summed E-state index contributed by atoms with van der Waals surface area (Å²) in [5.74, 6) is 0.731. The number of hydrogen-bond donors (Lipinski definition) is 2. The maximum Gasteiger partial charge on any atom is 0.404 e. The highest BCUT2D eigenvalue weighted by Gasteiger charge is 2.28. The number of primary amides is 1. The highest BCUT2D eigenvalue weighted by molar-refractivity contribution is 5.94. The number of rotatable bonds is 8. The molecule has 166 valence electrons. The third-order valence-electron chi connectivity index (χ3n) is 4.87. The fraction of sp³-hybridized carbons (Fsp3) is 0.565. The SMILES string of the molecule is CCCCOc1c(COC(N)=O)n(CC(C)C)c(=O)c2ccc(O)c(C(C)(C)C)c12. The Morgan fingerprint density at radius 3 is 2.47 bits per heavy atom. The van der Waals surface area contributed by atoms with Gasteiger partial charge < -0.3 is 24.9 Å². The molecule has 7 nitrogen and oxygen atoms in total. The van der Waals surface area contributed by atoms with Gasteiger partial charge in [0, 0.05) is 17.5 Å². The van der Waals surface area contributed by atoms with Gasteiger partial charge in [-0.1, -0.05) is 48.0 Å². The molecule has 2 aromatic rings. The first-order valence-corrected chi connectivity index (χ1v) is 10.5. The predicted molar refractivity (Wildman–Crippen MR) is 118 cm³/mol. The molecule has 1 heterocycles. The maximum absolute atomic E-state index is 13.5. The molecule has 30 heavy (non-hydrogen) atoms. The smallest absolute Gasteiger partial charge is 0.404 e. The number of fused-ring (bicyclic) bond motifs is 1. The molecule has 0 bridgehead atoms. The van der Waals surface area contributed by atoms with Gasteiger partial charge in [0.25, 0.3) is 5.56 Å². The van der Waals surface area contributed by atoms with Crippen molar-refractivity contribution in [2.45, 2.75) is 73.0 Å². The molecule has 7 heteroatoms. The number of aromatic hydroxyl groups is 1. The van der Waals surface area contributed by atoms with Crippen LogP contribution in [-0.2, 0) is 23.3 Å². The molecule has 0 saturated carbocycles. The van der Waals surface area contributed by atoms with Crippen molar-refractivity contribution in [3.8, 4) is 11.5 Å². The van der Waals surface area contributed by atoms with Gasteiger partial charge >= 0.3 is 6.09 Å². The molecule has 0 unspecified atom stereocenters. The van der Waals surface area contributed by atoms with E-state index in [0.717, 1.165) is 12.8 Å². The van der Waals surface area contributed by atoms with Gasteiger partial charge in [-0.3, -0.25) is 4.79 Å². The average molecular weight is 419 g/mol. The zero-order chi connectivity index (χ0) is 22.6. The molecule has 0 aliphatic carbocycles. The normalized spacial score (nSPS) is 11.8. The number of ether oxygens (including phenoxy) is 2. The third-order valence-corrected chi connectivity index (χ3v) is 4.87. The number of carbonyl (C=O) groups is 1. The van der Waals surface area contributed by atoms with E-state index in [1.807, 2.05) is 34.6 Å². The summed E-state index contributed by atoms with van der Waals surface area (Å²) in [7, 11) is 0. The van der Waals surface area contributed by atoms with Crippen LogP contribution < -0.4 is 16.0 Å². The first kappa shape index (κ1) is 23.6. The highest BCUT2D eigenvalue weighted by atomic mass is 16.5. The number of phenolic OH excluding ortho intramolecular Hbond substituents is 1. The fourth-order valence-corrected chi connectivity index (χ4v) is 3.62. The lowest BCUT2D eigenvalue weighted by atomic mass is 9.82. The largest absolute Gasteiger partial charge is 0.508 e. The summed E-state index contributed by atoms with van der Waals surface area (Å²) in [6.07, 6.45) is 0.837. The Morgan fingerprint density at radius 2 is 1.93 bits per heavy atom. The number of hydrogen-bond acceptors (Lipinski definition) is 5. The predicted octanol–water partition coefficient (Wildman–Crippen LogP) is 4.43. The summed E-state index contributed by atoms with van der Waals surface area (Å²) in [5.41, 5.74) is 5.62. The Morgan fingerprint density at radius 1 is 1.27 bits per heavy atom. The van der Waals surface area contributed by atoms with E-state index < -0.39 is 11.5 Å². The zero-order valence-electron chi connectivity index (χ0n) is 18.9. The second kappa shape index (κ2) is 9.41. The zero-order valence-corrected chi connectivity index (χ0v) is 18.9. The summed E-state index contributed by atoms with van der Waals surface area (Å²) >= 11 is 0. The molecule has 0 fully saturated rings. The van der Waals surface area contributed by atoms with Crippen molar-refractivity contribution < 1.29 is 19.4 Å². The van der Waals surface area contributed by atoms with Crippen LogP contribution in [-0.4, -0.2) is 22.4 Å². The summed E-state index contributed by atoms with van der Waals surface area (Å²) < 4.78 is 12.9. The second-order valence-electron chi connectivity index (χ2n) is 9.03. The van der Waals surface area contributed by atoms with Crippen LogP contribution >= 0.6 is 0 Å². The van der Waals surface area contributed by atoms with Crippen molar-refractivity contribution in [3.05, 3.63) is 33.7 Å². The van der Waals surface area contributed by atoms with Crippen molar-refractivity contribution in [1.82, 2.24) is 4.57 Å². The summed E-state index contributed by atoms with van der Waals surface area (Å²) in [4.78, 5) is 24.8. The van der Waals surface area contributed by atoms with Gasteiger partial charge in [0.05, 0.1) is 12.0 Å². The van der Waals surface area contributed by atoms with Crippen molar-refractivity contribution in [3.63, 3.8) is 0 Å². The maximum atomic E-state index is 13.5. The molecular weight excluding hydrogens is 384 g/mol. The van der Waals surface area contributed by atoms with E-state index in [2.05, 4.69) is 6.92 Å². The Balaban J connectivity index is 2.98. The van der Waals surface area contributed by atoms with E-state index in [9.17, 15) is 14.7 Å². The van der Waals surface area contributed by atoms with Crippen LogP contribution in [0.1, 0.15) is 65.6 Å². The van der Waals surface area contributed by atoms with Crippen molar-refractivity contribution in [1.29, 1.82) is 0 Å². The number of aromatic nitrogens is 1. The lowest BCUT2D eigenvalue weighted by molar-refractivity contribution is 0.144. The van der Waals surface area contributed by atoms with Crippen LogP contribution in [0.5, 0.6) is 11.5 Å². The molecule has 1 amide bonds. The fourth-order valence-electron chi connectivity index (χ4n) is 3.62. The lowest BCUT2D eigenvalue weighted by Gasteiger charge is -2.27. The monoisotopic (exact) mass is 418 g/mol. The number of nitrogens with zero attached hydrogens (tertiary/aromatic N) is 1. The molecule has 0 aliphatic rings. The standard InChI is InChI=1S/C23H34N2O5/c1-7-8-11-29-20-16(13-30-22(24)28)25(12-14(2)3)21(27)15-9-10-17(26)19(18(15)20)23(4,5)6/h9-10,14,26H,7-8,11-13H2,1-6H3,(H2,24,28). The van der Waals surface area contributed by atoms with Crippen molar-refractivity contribution in [2.24, 2.45) is 11.7 Å². The van der Waals surface area contributed by atoms with Gasteiger partial charge in [-0.05, 0) is 29.9 Å². The summed E-state index contributed by atoms with van der Waals surface area (Å²) in [6.45, 7) is 12.7. The van der Waals surface area contributed by atoms with Crippen LogP contribution in [0.25, 0.3) is 10.8 Å². The summed E-state index contributed by atoms with van der Waals surface area (Å²) in [6, 6.07) is 3.18. The number of pyridine rings is 1. The van der Waals surface area contributed by atoms with Crippen LogP contribution in [0.15, 0.2) is 16.9 Å². The Bertz CT molecular complexity index is 970. The van der Waals surface area contributed by atoms with Crippen LogP contribution in [0.2, 0.25) is 0 Å². The van der Waals surface area contributed by atoms with E-state index in [4.69, 9.17) is 15.2 Å². The number of benzene rings is 1. The minimum atomic E-state index is -0.926. The highest BCUT2D eigenvalue weighted by Crippen LogP contribution is 2.42. The van der Waals surface area contributed by atoms with Crippen molar-refractivity contribution >= 4 is 16.9 Å². The van der Waals surface area contributed by atoms with Crippen LogP contribution in [0.3, 0.4) is 0 Å². The minimum absolute atomic E-state index is 0.0955. The first-order chi connectivity index (χ1) is 14.0. The molecule has 0 atom stereocenters. The Hall–Kier alpha value is -2.70. The van der Waals surface area contributed by atoms with Crippen LogP contribution in [0.4, 0.5) is 4.79 Å². The van der Waals surface area contributed by atoms with E-state index in [1.165, 1.54) is 0 Å². The van der Waals surface area contributed by atoms with E-state index >= 15 is 0 Å². The Labute approximate surface area is 177 Å². The first-order valence-electron chi connectivity index (χ1n) is 10.5. The number of carbonyl (C=O) groups excluding carboxylic acids is 1. The number of phenols is 1. The lowest BCUT2D eigenvalue weighted by Crippen LogP contribution is -2.29. The molecule has 2 rings (SSSR count). The van der Waals surface area contributed by atoms with Gasteiger partial charge in [0.2, 0.25) is 0 Å². The molecule has 3 N–H and O–H groups in total. The number of unbranched alkanes of at least 4 members (excludes halogenated alkanes) is 1.